The zero-order valence-corrected chi connectivity index (χ0v) is 27.7. The zero-order chi connectivity index (χ0) is 28.6. The summed E-state index contributed by atoms with van der Waals surface area (Å²) in [5.41, 5.74) is 11.1. The quantitative estimate of drug-likeness (QED) is 0.0755. The fourth-order valence-electron chi connectivity index (χ4n) is 5.80. The van der Waals surface area contributed by atoms with Gasteiger partial charge in [0, 0.05) is 47.1 Å². The number of nitrogens with zero attached hydrogens (tertiary/aromatic N) is 4. The molecule has 8 nitrogen and oxygen atoms in total. The van der Waals surface area contributed by atoms with Crippen LogP contribution in [0.5, 0.6) is 0 Å². The van der Waals surface area contributed by atoms with Gasteiger partial charge in [-0.05, 0) is 28.0 Å². The van der Waals surface area contributed by atoms with E-state index in [2.05, 4.69) is 26.2 Å². The molecule has 1 aliphatic heterocycles. The summed E-state index contributed by atoms with van der Waals surface area (Å²) in [5, 5.41) is 14.0. The number of carbonyl (C=O) groups is 1. The second-order valence-corrected chi connectivity index (χ2v) is 11.4. The number of fused-ring (bicyclic) bond motifs is 3. The van der Waals surface area contributed by atoms with Gasteiger partial charge < -0.3 is 42.2 Å². The molecule has 222 valence electrons. The molecule has 3 aromatic carbocycles. The number of quaternary nitrogens is 1. The molecule has 5 rings (SSSR count). The number of nitro groups is 1. The third-order valence-corrected chi connectivity index (χ3v) is 7.97. The number of amides is 1. The molecular formula is C31H34Br2ClN5O3. The Morgan fingerprint density at radius 3 is 2.38 bits per heavy atom. The Kier molecular flexibility index (Phi) is 10.6. The third-order valence-electron chi connectivity index (χ3n) is 7.60. The Morgan fingerprint density at radius 1 is 1.10 bits per heavy atom. The second-order valence-electron chi connectivity index (χ2n) is 11.0. The minimum absolute atomic E-state index is 0. The van der Waals surface area contributed by atoms with Gasteiger partial charge in [0.2, 0.25) is 0 Å². The number of alkyl halides is 1. The lowest BCUT2D eigenvalue weighted by Crippen LogP contribution is -3.00. The van der Waals surface area contributed by atoms with Crippen LogP contribution in [-0.2, 0) is 24.9 Å². The van der Waals surface area contributed by atoms with Crippen LogP contribution < -0.4 is 27.6 Å². The maximum absolute atomic E-state index is 13.5. The fourth-order valence-corrected chi connectivity index (χ4v) is 6.06. The van der Waals surface area contributed by atoms with Gasteiger partial charge in [-0.15, -0.1) is 28.6 Å². The highest BCUT2D eigenvalue weighted by Gasteiger charge is 2.34. The van der Waals surface area contributed by atoms with Crippen LogP contribution in [0, 0.1) is 10.1 Å². The van der Waals surface area contributed by atoms with Gasteiger partial charge >= 0.3 is 5.82 Å². The van der Waals surface area contributed by atoms with E-state index < -0.39 is 4.92 Å². The number of nitrogen functional groups attached to an aromatic ring is 1. The average Bonchev–Trinajstić information content (AvgIpc) is 3.44. The SMILES string of the molecule is Br.Cn1c(C[N+](C)(C)Cc2ccccc2)cc(/C=C/C(=O)N2CC(CCl)c3c2cc(N)c2ccccc32)c1[N+](=O)[O-].[Br-]. The van der Waals surface area contributed by atoms with Crippen LogP contribution in [0.1, 0.15) is 28.3 Å². The third kappa shape index (κ3) is 6.57. The van der Waals surface area contributed by atoms with Gasteiger partial charge in [0.1, 0.15) is 13.1 Å². The van der Waals surface area contributed by atoms with Crippen LogP contribution in [0.25, 0.3) is 16.8 Å². The van der Waals surface area contributed by atoms with Crippen LogP contribution in [-0.4, -0.2) is 46.4 Å². The first-order chi connectivity index (χ1) is 19.1. The van der Waals surface area contributed by atoms with E-state index in [1.54, 1.807) is 28.7 Å². The highest BCUT2D eigenvalue weighted by atomic mass is 79.9. The first kappa shape index (κ1) is 33.3. The molecule has 2 heterocycles. The van der Waals surface area contributed by atoms with Gasteiger partial charge in [0.25, 0.3) is 5.91 Å². The van der Waals surface area contributed by atoms with E-state index >= 15 is 0 Å². The number of aromatic nitrogens is 1. The summed E-state index contributed by atoms with van der Waals surface area (Å²) in [6, 6.07) is 21.6. The molecule has 4 aromatic rings. The predicted octanol–water partition coefficient (Wildman–Crippen LogP) is 3.41. The first-order valence-corrected chi connectivity index (χ1v) is 13.7. The number of rotatable bonds is 8. The Morgan fingerprint density at radius 2 is 1.74 bits per heavy atom. The molecule has 0 bridgehead atoms. The monoisotopic (exact) mass is 717 g/mol. The van der Waals surface area contributed by atoms with Gasteiger partial charge in [-0.3, -0.25) is 4.79 Å². The minimum Gasteiger partial charge on any atom is -1.00 e. The molecule has 0 saturated carbocycles. The van der Waals surface area contributed by atoms with Crippen LogP contribution in [0.15, 0.2) is 72.8 Å². The van der Waals surface area contributed by atoms with E-state index in [0.29, 0.717) is 34.7 Å². The van der Waals surface area contributed by atoms with Gasteiger partial charge in [-0.25, -0.2) is 4.57 Å². The van der Waals surface area contributed by atoms with Crippen molar-refractivity contribution in [1.82, 2.24) is 4.57 Å². The van der Waals surface area contributed by atoms with Crippen molar-refractivity contribution in [2.75, 3.05) is 37.2 Å². The van der Waals surface area contributed by atoms with E-state index in [1.165, 1.54) is 11.6 Å². The van der Waals surface area contributed by atoms with Crippen LogP contribution in [0.4, 0.5) is 17.2 Å². The zero-order valence-electron chi connectivity index (χ0n) is 23.7. The molecular weight excluding hydrogens is 686 g/mol. The largest absolute Gasteiger partial charge is 1.00 e. The van der Waals surface area contributed by atoms with Crippen molar-refractivity contribution >= 4 is 68.5 Å². The maximum atomic E-state index is 13.5. The van der Waals surface area contributed by atoms with Crippen molar-refractivity contribution < 1.29 is 31.2 Å². The summed E-state index contributed by atoms with van der Waals surface area (Å²) >= 11 is 6.33. The predicted molar refractivity (Wildman–Crippen MR) is 172 cm³/mol. The standard InChI is InChI=1S/C31H33ClN5O3.2BrH/c1-34-24(20-37(2,3)19-21-9-5-4-6-10-21)15-22(31(34)36(39)40)13-14-29(38)35-18-23(17-32)30-26-12-8-7-11-25(26)27(33)16-28(30)35;;/h4-16,23H,17-20,33H2,1-3H3;2*1H/q+1;;/p-1/b14-13+;;. The van der Waals surface area contributed by atoms with E-state index in [4.69, 9.17) is 17.3 Å². The molecule has 0 aliphatic carbocycles. The summed E-state index contributed by atoms with van der Waals surface area (Å²) in [6.07, 6.45) is 2.95. The number of anilines is 2. The van der Waals surface area contributed by atoms with E-state index in [-0.39, 0.29) is 51.6 Å². The normalized spacial score (nSPS) is 14.5. The van der Waals surface area contributed by atoms with E-state index in [9.17, 15) is 14.9 Å². The summed E-state index contributed by atoms with van der Waals surface area (Å²) in [5.74, 6) is -0.00134. The molecule has 0 spiro atoms. The number of hydrogen-bond donors (Lipinski definition) is 1. The lowest BCUT2D eigenvalue weighted by atomic mass is 9.95. The van der Waals surface area contributed by atoms with Gasteiger partial charge in [-0.1, -0.05) is 54.6 Å². The second kappa shape index (κ2) is 13.4. The highest BCUT2D eigenvalue weighted by molar-refractivity contribution is 8.93. The summed E-state index contributed by atoms with van der Waals surface area (Å²) in [4.78, 5) is 26.8. The number of hydrogen-bond acceptors (Lipinski definition) is 4. The summed E-state index contributed by atoms with van der Waals surface area (Å²) in [6.45, 7) is 1.78. The summed E-state index contributed by atoms with van der Waals surface area (Å²) < 4.78 is 2.22. The van der Waals surface area contributed by atoms with Gasteiger partial charge in [0.15, 0.2) is 5.69 Å². The van der Waals surface area contributed by atoms with Gasteiger partial charge in [-0.2, -0.15) is 0 Å². The van der Waals surface area contributed by atoms with Crippen molar-refractivity contribution in [1.29, 1.82) is 0 Å². The molecule has 42 heavy (non-hydrogen) atoms. The number of nitrogens with two attached hydrogens (primary N) is 1. The minimum atomic E-state index is -0.396. The molecule has 0 fully saturated rings. The number of benzene rings is 3. The Bertz CT molecular complexity index is 1640. The lowest BCUT2D eigenvalue weighted by Gasteiger charge is -2.29. The molecule has 1 aliphatic rings. The van der Waals surface area contributed by atoms with Crippen LogP contribution in [0.2, 0.25) is 0 Å². The molecule has 11 heteroatoms. The lowest BCUT2D eigenvalue weighted by molar-refractivity contribution is -0.917. The molecule has 1 atom stereocenters. The Labute approximate surface area is 271 Å². The molecule has 1 amide bonds. The topological polar surface area (TPSA) is 94.4 Å². The molecule has 0 radical (unpaired) electrons. The molecule has 0 saturated heterocycles. The van der Waals surface area contributed by atoms with Crippen molar-refractivity contribution in [3.8, 4) is 0 Å². The Hall–Kier alpha value is -3.18. The smallest absolute Gasteiger partial charge is 0.330 e. The number of halogens is 3. The van der Waals surface area contributed by atoms with Crippen molar-refractivity contribution in [2.24, 2.45) is 7.05 Å². The maximum Gasteiger partial charge on any atom is 0.330 e. The molecule has 1 aromatic heterocycles. The summed E-state index contributed by atoms with van der Waals surface area (Å²) in [7, 11) is 5.89. The van der Waals surface area contributed by atoms with Gasteiger partial charge in [0.05, 0.1) is 32.4 Å². The van der Waals surface area contributed by atoms with Crippen molar-refractivity contribution in [3.63, 3.8) is 0 Å². The highest BCUT2D eigenvalue weighted by Crippen LogP contribution is 2.44. The Balaban J connectivity index is 0.00000242. The van der Waals surface area contributed by atoms with Crippen molar-refractivity contribution in [2.45, 2.75) is 19.0 Å². The fraction of sp³-hybridized carbons (Fsp3) is 0.258. The van der Waals surface area contributed by atoms with E-state index in [0.717, 1.165) is 34.3 Å². The van der Waals surface area contributed by atoms with Crippen LogP contribution >= 0.6 is 28.6 Å². The van der Waals surface area contributed by atoms with E-state index in [1.807, 2.05) is 48.5 Å². The van der Waals surface area contributed by atoms with Crippen LogP contribution in [0.3, 0.4) is 0 Å². The average molecular weight is 720 g/mol. The van der Waals surface area contributed by atoms with Crippen molar-refractivity contribution in [3.05, 3.63) is 105 Å². The number of carbonyl (C=O) groups excluding carboxylic acids is 1. The molecule has 1 unspecified atom stereocenters. The first-order valence-electron chi connectivity index (χ1n) is 13.1. The molecule has 2 N–H and O–H groups in total.